The number of carbonyl (C=O) groups is 1. The van der Waals surface area contributed by atoms with Crippen LogP contribution in [0.15, 0.2) is 51.8 Å². The molecule has 0 spiro atoms. The Morgan fingerprint density at radius 1 is 1.25 bits per heavy atom. The fraction of sp³-hybridized carbons (Fsp3) is 0.133. The number of halogens is 3. The zero-order valence-corrected chi connectivity index (χ0v) is 13.6. The molecular formula is C15H11BrClFOS. The Kier molecular flexibility index (Phi) is 5.64. The summed E-state index contributed by atoms with van der Waals surface area (Å²) in [4.78, 5) is 12.9. The standard InChI is InChI=1S/C15H11BrClFOS/c16-10-3-1-4-12(7-10)20-9-11(19)8-13-14(17)5-2-6-15(13)18/h1-7H,8-9H2. The van der Waals surface area contributed by atoms with Gasteiger partial charge in [-0.2, -0.15) is 0 Å². The van der Waals surface area contributed by atoms with Crippen molar-refractivity contribution in [3.8, 4) is 0 Å². The maximum atomic E-state index is 13.6. The van der Waals surface area contributed by atoms with Crippen LogP contribution < -0.4 is 0 Å². The lowest BCUT2D eigenvalue weighted by atomic mass is 10.1. The molecule has 2 aromatic carbocycles. The normalized spacial score (nSPS) is 10.6. The van der Waals surface area contributed by atoms with Crippen LogP contribution in [0.5, 0.6) is 0 Å². The molecular weight excluding hydrogens is 363 g/mol. The van der Waals surface area contributed by atoms with Crippen LogP contribution in [0.25, 0.3) is 0 Å². The quantitative estimate of drug-likeness (QED) is 0.675. The summed E-state index contributed by atoms with van der Waals surface area (Å²) >= 11 is 10.7. The minimum Gasteiger partial charge on any atom is -0.298 e. The maximum Gasteiger partial charge on any atom is 0.147 e. The molecule has 0 N–H and O–H groups in total. The number of benzene rings is 2. The number of carbonyl (C=O) groups excluding carboxylic acids is 1. The van der Waals surface area contributed by atoms with Crippen LogP contribution in [0, 0.1) is 5.82 Å². The molecule has 2 aromatic rings. The highest BCUT2D eigenvalue weighted by molar-refractivity contribution is 9.10. The maximum absolute atomic E-state index is 13.6. The van der Waals surface area contributed by atoms with Gasteiger partial charge < -0.3 is 0 Å². The van der Waals surface area contributed by atoms with E-state index in [0.717, 1.165) is 9.37 Å². The van der Waals surface area contributed by atoms with Gasteiger partial charge in [0.25, 0.3) is 0 Å². The van der Waals surface area contributed by atoms with E-state index in [0.29, 0.717) is 10.8 Å². The Balaban J connectivity index is 1.96. The second kappa shape index (κ2) is 7.25. The first-order valence-electron chi connectivity index (χ1n) is 5.89. The largest absolute Gasteiger partial charge is 0.298 e. The Morgan fingerprint density at radius 2 is 2.00 bits per heavy atom. The van der Waals surface area contributed by atoms with Crippen molar-refractivity contribution >= 4 is 45.1 Å². The summed E-state index contributed by atoms with van der Waals surface area (Å²) in [7, 11) is 0. The first kappa shape index (κ1) is 15.5. The number of rotatable bonds is 5. The zero-order chi connectivity index (χ0) is 14.5. The average Bonchev–Trinajstić information content (AvgIpc) is 2.41. The molecule has 104 valence electrons. The lowest BCUT2D eigenvalue weighted by Gasteiger charge is -2.05. The molecule has 0 amide bonds. The van der Waals surface area contributed by atoms with E-state index in [2.05, 4.69) is 15.9 Å². The van der Waals surface area contributed by atoms with Crippen LogP contribution in [0.1, 0.15) is 5.56 Å². The number of thioether (sulfide) groups is 1. The van der Waals surface area contributed by atoms with Crippen LogP contribution >= 0.6 is 39.3 Å². The summed E-state index contributed by atoms with van der Waals surface area (Å²) in [5.41, 5.74) is 0.272. The van der Waals surface area contributed by atoms with Crippen LogP contribution in [-0.4, -0.2) is 11.5 Å². The first-order chi connectivity index (χ1) is 9.56. The van der Waals surface area contributed by atoms with Crippen LogP contribution in [0.3, 0.4) is 0 Å². The Morgan fingerprint density at radius 3 is 2.70 bits per heavy atom. The number of ketones is 1. The Labute approximate surface area is 134 Å². The molecule has 2 rings (SSSR count). The molecule has 0 aromatic heterocycles. The van der Waals surface area contributed by atoms with E-state index in [1.165, 1.54) is 23.9 Å². The predicted octanol–water partition coefficient (Wildman–Crippen LogP) is 5.15. The van der Waals surface area contributed by atoms with E-state index >= 15 is 0 Å². The van der Waals surface area contributed by atoms with Gasteiger partial charge in [0.2, 0.25) is 0 Å². The predicted molar refractivity (Wildman–Crippen MR) is 85.0 cm³/mol. The minimum absolute atomic E-state index is 0.0203. The fourth-order valence-electron chi connectivity index (χ4n) is 1.67. The summed E-state index contributed by atoms with van der Waals surface area (Å²) in [5.74, 6) is -0.193. The zero-order valence-electron chi connectivity index (χ0n) is 10.4. The van der Waals surface area contributed by atoms with Crippen molar-refractivity contribution in [1.29, 1.82) is 0 Å². The topological polar surface area (TPSA) is 17.1 Å². The van der Waals surface area contributed by atoms with Gasteiger partial charge in [-0.25, -0.2) is 4.39 Å². The smallest absolute Gasteiger partial charge is 0.147 e. The summed E-state index contributed by atoms with van der Waals surface area (Å²) in [6, 6.07) is 12.1. The molecule has 0 aliphatic rings. The Bertz CT molecular complexity index is 613. The van der Waals surface area contributed by atoms with Gasteiger partial charge in [-0.15, -0.1) is 11.8 Å². The molecule has 0 radical (unpaired) electrons. The van der Waals surface area contributed by atoms with Crippen LogP contribution in [-0.2, 0) is 11.2 Å². The molecule has 0 unspecified atom stereocenters. The number of hydrogen-bond acceptors (Lipinski definition) is 2. The molecule has 0 saturated heterocycles. The molecule has 0 atom stereocenters. The summed E-state index contributed by atoms with van der Waals surface area (Å²) in [6.45, 7) is 0. The highest BCUT2D eigenvalue weighted by Crippen LogP contribution is 2.24. The van der Waals surface area contributed by atoms with Crippen molar-refractivity contribution in [3.63, 3.8) is 0 Å². The van der Waals surface area contributed by atoms with Gasteiger partial charge in [0, 0.05) is 26.4 Å². The lowest BCUT2D eigenvalue weighted by molar-refractivity contribution is -0.116. The third-order valence-electron chi connectivity index (χ3n) is 2.63. The van der Waals surface area contributed by atoms with Gasteiger partial charge in [0.1, 0.15) is 11.6 Å². The fourth-order valence-corrected chi connectivity index (χ4v) is 3.27. The molecule has 0 fully saturated rings. The summed E-state index contributed by atoms with van der Waals surface area (Å²) < 4.78 is 14.5. The van der Waals surface area contributed by atoms with E-state index in [9.17, 15) is 9.18 Å². The Hall–Kier alpha value is -0.840. The highest BCUT2D eigenvalue weighted by Gasteiger charge is 2.12. The van der Waals surface area contributed by atoms with Crippen molar-refractivity contribution in [1.82, 2.24) is 0 Å². The van der Waals surface area contributed by atoms with Crippen molar-refractivity contribution in [2.45, 2.75) is 11.3 Å². The SMILES string of the molecule is O=C(CSc1cccc(Br)c1)Cc1c(F)cccc1Cl. The molecule has 0 aliphatic heterocycles. The lowest BCUT2D eigenvalue weighted by Crippen LogP contribution is -2.07. The third-order valence-corrected chi connectivity index (χ3v) is 4.53. The highest BCUT2D eigenvalue weighted by atomic mass is 79.9. The molecule has 20 heavy (non-hydrogen) atoms. The van der Waals surface area contributed by atoms with Crippen molar-refractivity contribution in [3.05, 3.63) is 63.3 Å². The minimum atomic E-state index is -0.432. The van der Waals surface area contributed by atoms with E-state index in [1.54, 1.807) is 6.07 Å². The van der Waals surface area contributed by atoms with Gasteiger partial charge >= 0.3 is 0 Å². The van der Waals surface area contributed by atoms with E-state index in [-0.39, 0.29) is 17.8 Å². The van der Waals surface area contributed by atoms with Gasteiger partial charge in [0.15, 0.2) is 0 Å². The molecule has 1 nitrogen and oxygen atoms in total. The molecule has 0 aliphatic carbocycles. The van der Waals surface area contributed by atoms with Gasteiger partial charge in [-0.1, -0.05) is 39.7 Å². The number of hydrogen-bond donors (Lipinski definition) is 0. The van der Waals surface area contributed by atoms with Gasteiger partial charge in [-0.05, 0) is 30.3 Å². The molecule has 0 saturated carbocycles. The average molecular weight is 374 g/mol. The summed E-state index contributed by atoms with van der Waals surface area (Å²) in [5, 5.41) is 0.297. The van der Waals surface area contributed by atoms with Crippen molar-refractivity contribution < 1.29 is 9.18 Å². The molecule has 5 heteroatoms. The van der Waals surface area contributed by atoms with E-state index < -0.39 is 5.82 Å². The molecule has 0 heterocycles. The van der Waals surface area contributed by atoms with Crippen LogP contribution in [0.4, 0.5) is 4.39 Å². The second-order valence-electron chi connectivity index (χ2n) is 4.16. The first-order valence-corrected chi connectivity index (χ1v) is 8.05. The van der Waals surface area contributed by atoms with Gasteiger partial charge in [0.05, 0.1) is 5.75 Å². The van der Waals surface area contributed by atoms with E-state index in [1.807, 2.05) is 24.3 Å². The summed E-state index contributed by atoms with van der Waals surface area (Å²) in [6.07, 6.45) is 0.0203. The van der Waals surface area contributed by atoms with Crippen LogP contribution in [0.2, 0.25) is 5.02 Å². The van der Waals surface area contributed by atoms with Crippen molar-refractivity contribution in [2.75, 3.05) is 5.75 Å². The van der Waals surface area contributed by atoms with E-state index in [4.69, 9.17) is 11.6 Å². The third kappa shape index (κ3) is 4.33. The molecule has 0 bridgehead atoms. The van der Waals surface area contributed by atoms with Gasteiger partial charge in [-0.3, -0.25) is 4.79 Å². The number of Topliss-reactive ketones (excluding diaryl/α,β-unsaturated/α-hetero) is 1. The van der Waals surface area contributed by atoms with Crippen molar-refractivity contribution in [2.24, 2.45) is 0 Å². The monoisotopic (exact) mass is 372 g/mol. The second-order valence-corrected chi connectivity index (χ2v) is 6.53.